The number of hydrogen-bond donors (Lipinski definition) is 1. The van der Waals surface area contributed by atoms with E-state index in [1.165, 1.54) is 6.08 Å². The van der Waals surface area contributed by atoms with Crippen molar-refractivity contribution >= 4 is 11.9 Å². The number of esters is 1. The molecule has 0 unspecified atom stereocenters. The van der Waals surface area contributed by atoms with Crippen molar-refractivity contribution in [3.63, 3.8) is 0 Å². The van der Waals surface area contributed by atoms with Gasteiger partial charge in [-0.2, -0.15) is 0 Å². The van der Waals surface area contributed by atoms with Gasteiger partial charge in [0.05, 0.1) is 5.57 Å². The molecule has 4 heteroatoms. The highest BCUT2D eigenvalue weighted by Crippen LogP contribution is 2.21. The molecule has 0 aromatic rings. The highest BCUT2D eigenvalue weighted by molar-refractivity contribution is 5.71. The molecule has 0 atom stereocenters. The molecular weight excluding hydrogens is 184 g/mol. The molecule has 0 radical (unpaired) electrons. The third kappa shape index (κ3) is 2.12. The third-order valence-electron chi connectivity index (χ3n) is 1.75. The summed E-state index contributed by atoms with van der Waals surface area (Å²) in [6.07, 6.45) is 3.61. The number of carbonyl (C=O) groups is 1. The van der Waals surface area contributed by atoms with Crippen LogP contribution in [0.2, 0.25) is 0 Å². The van der Waals surface area contributed by atoms with Crippen LogP contribution in [0, 0.1) is 0 Å². The summed E-state index contributed by atoms with van der Waals surface area (Å²) in [7, 11) is 0. The number of carbonyl (C=O) groups excluding carboxylic acids is 2. The van der Waals surface area contributed by atoms with E-state index in [2.05, 4.69) is 0 Å². The van der Waals surface area contributed by atoms with Crippen molar-refractivity contribution in [2.24, 2.45) is 0 Å². The lowest BCUT2D eigenvalue weighted by Gasteiger charge is -2.10. The van der Waals surface area contributed by atoms with Gasteiger partial charge >= 0.3 is 5.97 Å². The Hall–Kier alpha value is -1.80. The standard InChI is InChI=1S/C10H10O4/c1-2-9(12)14-8-5-3-4-7(6-11)10(8)13/h3,5,13H,2,4H2,1H3. The van der Waals surface area contributed by atoms with Crippen LogP contribution in [0.4, 0.5) is 0 Å². The Morgan fingerprint density at radius 2 is 2.43 bits per heavy atom. The molecule has 0 saturated heterocycles. The van der Waals surface area contributed by atoms with Crippen LogP contribution >= 0.6 is 0 Å². The molecule has 0 fully saturated rings. The number of rotatable bonds is 2. The molecule has 1 aliphatic rings. The van der Waals surface area contributed by atoms with Crippen molar-refractivity contribution in [2.75, 3.05) is 0 Å². The summed E-state index contributed by atoms with van der Waals surface area (Å²) in [4.78, 5) is 21.3. The first kappa shape index (κ1) is 10.3. The van der Waals surface area contributed by atoms with Gasteiger partial charge in [-0.3, -0.25) is 4.79 Å². The van der Waals surface area contributed by atoms with Crippen LogP contribution < -0.4 is 0 Å². The van der Waals surface area contributed by atoms with E-state index < -0.39 is 5.97 Å². The maximum atomic E-state index is 10.9. The lowest BCUT2D eigenvalue weighted by molar-refractivity contribution is -0.138. The molecule has 0 amide bonds. The van der Waals surface area contributed by atoms with Crippen LogP contribution in [-0.2, 0) is 14.3 Å². The van der Waals surface area contributed by atoms with Crippen molar-refractivity contribution in [1.82, 2.24) is 0 Å². The normalized spacial score (nSPS) is 15.4. The molecule has 0 bridgehead atoms. The minimum absolute atomic E-state index is 0.0152. The van der Waals surface area contributed by atoms with Gasteiger partial charge in [0.1, 0.15) is 5.94 Å². The lowest BCUT2D eigenvalue weighted by Crippen LogP contribution is -2.07. The van der Waals surface area contributed by atoms with E-state index in [0.717, 1.165) is 0 Å². The van der Waals surface area contributed by atoms with Crippen molar-refractivity contribution < 1.29 is 19.4 Å². The van der Waals surface area contributed by atoms with Gasteiger partial charge in [0, 0.05) is 12.8 Å². The predicted octanol–water partition coefficient (Wildman–Crippen LogP) is 1.43. The van der Waals surface area contributed by atoms with Crippen LogP contribution in [0.15, 0.2) is 29.2 Å². The average molecular weight is 194 g/mol. The molecule has 0 spiro atoms. The first-order chi connectivity index (χ1) is 6.69. The van der Waals surface area contributed by atoms with Gasteiger partial charge < -0.3 is 9.84 Å². The van der Waals surface area contributed by atoms with Crippen LogP contribution in [0.3, 0.4) is 0 Å². The molecule has 1 rings (SSSR count). The first-order valence-corrected chi connectivity index (χ1v) is 4.23. The second-order valence-corrected chi connectivity index (χ2v) is 2.73. The molecule has 1 aliphatic carbocycles. The van der Waals surface area contributed by atoms with Gasteiger partial charge in [-0.1, -0.05) is 13.0 Å². The number of hydrogen-bond acceptors (Lipinski definition) is 4. The monoisotopic (exact) mass is 194 g/mol. The largest absolute Gasteiger partial charge is 0.504 e. The van der Waals surface area contributed by atoms with Crippen LogP contribution in [0.25, 0.3) is 0 Å². The molecule has 0 aromatic heterocycles. The predicted molar refractivity (Wildman–Crippen MR) is 49.0 cm³/mol. The Balaban J connectivity index is 2.91. The summed E-state index contributed by atoms with van der Waals surface area (Å²) in [5.41, 5.74) is 0.103. The smallest absolute Gasteiger partial charge is 0.311 e. The summed E-state index contributed by atoms with van der Waals surface area (Å²) >= 11 is 0. The highest BCUT2D eigenvalue weighted by atomic mass is 16.5. The number of ether oxygens (including phenoxy) is 1. The fraction of sp³-hybridized carbons (Fsp3) is 0.300. The second kappa shape index (κ2) is 4.44. The van der Waals surface area contributed by atoms with Gasteiger partial charge in [0.25, 0.3) is 0 Å². The van der Waals surface area contributed by atoms with E-state index in [1.807, 2.05) is 0 Å². The van der Waals surface area contributed by atoms with Gasteiger partial charge in [0.15, 0.2) is 11.5 Å². The third-order valence-corrected chi connectivity index (χ3v) is 1.75. The van der Waals surface area contributed by atoms with Gasteiger partial charge in [-0.05, 0) is 6.08 Å². The van der Waals surface area contributed by atoms with E-state index in [4.69, 9.17) is 4.74 Å². The van der Waals surface area contributed by atoms with E-state index >= 15 is 0 Å². The minimum atomic E-state index is -0.455. The van der Waals surface area contributed by atoms with Gasteiger partial charge in [0.2, 0.25) is 0 Å². The van der Waals surface area contributed by atoms with Crippen molar-refractivity contribution in [3.05, 3.63) is 29.2 Å². The Labute approximate surface area is 81.2 Å². The topological polar surface area (TPSA) is 63.6 Å². The van der Waals surface area contributed by atoms with Crippen LogP contribution in [0.1, 0.15) is 19.8 Å². The first-order valence-electron chi connectivity index (χ1n) is 4.23. The lowest BCUT2D eigenvalue weighted by atomic mass is 10.1. The number of aliphatic hydroxyl groups excluding tert-OH is 1. The van der Waals surface area contributed by atoms with E-state index in [9.17, 15) is 14.7 Å². The maximum Gasteiger partial charge on any atom is 0.311 e. The highest BCUT2D eigenvalue weighted by Gasteiger charge is 2.16. The van der Waals surface area contributed by atoms with E-state index in [0.29, 0.717) is 6.42 Å². The van der Waals surface area contributed by atoms with Crippen molar-refractivity contribution in [2.45, 2.75) is 19.8 Å². The quantitative estimate of drug-likeness (QED) is 0.533. The minimum Gasteiger partial charge on any atom is -0.504 e. The zero-order valence-electron chi connectivity index (χ0n) is 7.74. The zero-order chi connectivity index (χ0) is 10.6. The van der Waals surface area contributed by atoms with Gasteiger partial charge in [-0.15, -0.1) is 0 Å². The fourth-order valence-corrected chi connectivity index (χ4v) is 0.975. The number of allylic oxidation sites excluding steroid dienone is 3. The summed E-state index contributed by atoms with van der Waals surface area (Å²) in [5, 5.41) is 9.42. The summed E-state index contributed by atoms with van der Waals surface area (Å²) in [6.45, 7) is 1.64. The Kier molecular flexibility index (Phi) is 3.26. The van der Waals surface area contributed by atoms with Crippen molar-refractivity contribution in [1.29, 1.82) is 0 Å². The summed E-state index contributed by atoms with van der Waals surface area (Å²) in [5.74, 6) is 0.850. The number of aliphatic hydroxyl groups is 1. The van der Waals surface area contributed by atoms with Crippen LogP contribution in [0.5, 0.6) is 0 Å². The van der Waals surface area contributed by atoms with E-state index in [-0.39, 0.29) is 23.5 Å². The maximum absolute atomic E-state index is 10.9. The molecule has 0 saturated carbocycles. The SMILES string of the molecule is CCC(=O)OC1=C(O)C(=C=O)CC=C1. The molecule has 0 aromatic carbocycles. The van der Waals surface area contributed by atoms with Crippen LogP contribution in [-0.4, -0.2) is 17.0 Å². The molecule has 1 N–H and O–H groups in total. The molecular formula is C10H10O4. The molecule has 0 aliphatic heterocycles. The molecule has 4 nitrogen and oxygen atoms in total. The second-order valence-electron chi connectivity index (χ2n) is 2.73. The summed E-state index contributed by atoms with van der Waals surface area (Å²) in [6, 6.07) is 0. The van der Waals surface area contributed by atoms with Gasteiger partial charge in [-0.25, -0.2) is 4.79 Å². The molecule has 14 heavy (non-hydrogen) atoms. The Bertz CT molecular complexity index is 356. The van der Waals surface area contributed by atoms with Crippen molar-refractivity contribution in [3.8, 4) is 0 Å². The summed E-state index contributed by atoms with van der Waals surface area (Å²) < 4.78 is 4.79. The Morgan fingerprint density at radius 3 is 3.00 bits per heavy atom. The average Bonchev–Trinajstić information content (AvgIpc) is 2.21. The van der Waals surface area contributed by atoms with E-state index in [1.54, 1.807) is 18.9 Å². The molecule has 74 valence electrons. The zero-order valence-corrected chi connectivity index (χ0v) is 7.74. The molecule has 0 heterocycles. The Morgan fingerprint density at radius 1 is 1.71 bits per heavy atom. The fourth-order valence-electron chi connectivity index (χ4n) is 0.975.